The standard InChI is InChI=1S/C23H22O4/c1-22(2,3)20(24)23-13-15(14-9-6-5-7-10-14)19(23)18-16(26-4)11-8-12-17(18)27-21(23)25/h5-13,19H,1-4H3/t19-,23-/m0/s1. The quantitative estimate of drug-likeness (QED) is 0.461. The van der Waals surface area contributed by atoms with Crippen molar-refractivity contribution in [2.24, 2.45) is 10.8 Å². The van der Waals surface area contributed by atoms with Gasteiger partial charge in [0.05, 0.1) is 7.11 Å². The van der Waals surface area contributed by atoms with E-state index in [1.165, 1.54) is 0 Å². The predicted octanol–water partition coefficient (Wildman–Crippen LogP) is 4.40. The van der Waals surface area contributed by atoms with Crippen molar-refractivity contribution < 1.29 is 19.1 Å². The summed E-state index contributed by atoms with van der Waals surface area (Å²) in [6.07, 6.45) is 1.79. The van der Waals surface area contributed by atoms with Gasteiger partial charge < -0.3 is 9.47 Å². The first-order chi connectivity index (χ1) is 12.8. The maximum Gasteiger partial charge on any atom is 0.329 e. The highest BCUT2D eigenvalue weighted by Gasteiger charge is 2.65. The van der Waals surface area contributed by atoms with Gasteiger partial charge in [0.1, 0.15) is 11.5 Å². The number of fused-ring (bicyclic) bond motifs is 3. The maximum absolute atomic E-state index is 13.4. The minimum atomic E-state index is -1.31. The van der Waals surface area contributed by atoms with E-state index < -0.39 is 22.7 Å². The van der Waals surface area contributed by atoms with E-state index in [4.69, 9.17) is 9.47 Å². The van der Waals surface area contributed by atoms with Crippen LogP contribution in [0.25, 0.3) is 5.57 Å². The zero-order valence-electron chi connectivity index (χ0n) is 15.9. The van der Waals surface area contributed by atoms with Crippen LogP contribution in [0.2, 0.25) is 0 Å². The molecular weight excluding hydrogens is 340 g/mol. The van der Waals surface area contributed by atoms with Crippen LogP contribution in [0.15, 0.2) is 54.6 Å². The molecule has 4 rings (SSSR count). The summed E-state index contributed by atoms with van der Waals surface area (Å²) in [6, 6.07) is 15.2. The number of carbonyl (C=O) groups excluding carboxylic acids is 2. The fourth-order valence-electron chi connectivity index (χ4n) is 4.17. The molecule has 0 radical (unpaired) electrons. The van der Waals surface area contributed by atoms with E-state index in [1.807, 2.05) is 57.2 Å². The molecule has 2 aliphatic rings. The van der Waals surface area contributed by atoms with Gasteiger partial charge in [0.2, 0.25) is 0 Å². The van der Waals surface area contributed by atoms with Gasteiger partial charge in [-0.15, -0.1) is 0 Å². The third-order valence-electron chi connectivity index (χ3n) is 5.39. The van der Waals surface area contributed by atoms with Crippen LogP contribution in [-0.2, 0) is 9.59 Å². The molecule has 2 aromatic rings. The third-order valence-corrected chi connectivity index (χ3v) is 5.39. The van der Waals surface area contributed by atoms with Crippen LogP contribution in [0.1, 0.15) is 37.8 Å². The van der Waals surface area contributed by atoms with Crippen LogP contribution in [0.5, 0.6) is 11.5 Å². The summed E-state index contributed by atoms with van der Waals surface area (Å²) < 4.78 is 11.2. The maximum atomic E-state index is 13.4. The molecular formula is C23H22O4. The SMILES string of the molecule is COc1cccc2c1[C@@H]1C(c3ccccc3)=C[C@]1(C(=O)C(C)(C)C)C(=O)O2. The van der Waals surface area contributed by atoms with Gasteiger partial charge in [-0.05, 0) is 23.3 Å². The Hall–Kier alpha value is -2.88. The fraction of sp³-hybridized carbons (Fsp3) is 0.304. The molecule has 2 aromatic carbocycles. The highest BCUT2D eigenvalue weighted by atomic mass is 16.5. The van der Waals surface area contributed by atoms with Crippen molar-refractivity contribution in [1.29, 1.82) is 0 Å². The van der Waals surface area contributed by atoms with Crippen molar-refractivity contribution in [1.82, 2.24) is 0 Å². The summed E-state index contributed by atoms with van der Waals surface area (Å²) in [5, 5.41) is 0. The van der Waals surface area contributed by atoms with Gasteiger partial charge in [0, 0.05) is 16.9 Å². The van der Waals surface area contributed by atoms with Crippen LogP contribution in [0.3, 0.4) is 0 Å². The van der Waals surface area contributed by atoms with Crippen molar-refractivity contribution in [2.75, 3.05) is 7.11 Å². The lowest BCUT2D eigenvalue weighted by Gasteiger charge is -2.50. The second-order valence-corrected chi connectivity index (χ2v) is 8.11. The van der Waals surface area contributed by atoms with Crippen molar-refractivity contribution in [3.63, 3.8) is 0 Å². The van der Waals surface area contributed by atoms with Gasteiger partial charge >= 0.3 is 5.97 Å². The van der Waals surface area contributed by atoms with Gasteiger partial charge in [-0.2, -0.15) is 0 Å². The van der Waals surface area contributed by atoms with Gasteiger partial charge in [0.25, 0.3) is 0 Å². The number of hydrogen-bond acceptors (Lipinski definition) is 4. The average Bonchev–Trinajstić information content (AvgIpc) is 2.62. The number of rotatable bonds is 3. The molecule has 0 N–H and O–H groups in total. The van der Waals surface area contributed by atoms with E-state index in [9.17, 15) is 9.59 Å². The summed E-state index contributed by atoms with van der Waals surface area (Å²) in [5.41, 5.74) is 0.709. The summed E-state index contributed by atoms with van der Waals surface area (Å²) >= 11 is 0. The van der Waals surface area contributed by atoms with E-state index in [2.05, 4.69) is 0 Å². The number of benzene rings is 2. The number of allylic oxidation sites excluding steroid dienone is 1. The molecule has 138 valence electrons. The molecule has 4 nitrogen and oxygen atoms in total. The zero-order valence-corrected chi connectivity index (χ0v) is 15.9. The van der Waals surface area contributed by atoms with Crippen molar-refractivity contribution in [3.8, 4) is 11.5 Å². The second-order valence-electron chi connectivity index (χ2n) is 8.11. The van der Waals surface area contributed by atoms with Gasteiger partial charge in [0.15, 0.2) is 11.2 Å². The minimum Gasteiger partial charge on any atom is -0.496 e. The second kappa shape index (κ2) is 5.81. The molecule has 0 spiro atoms. The molecule has 0 amide bonds. The zero-order chi connectivity index (χ0) is 19.4. The van der Waals surface area contributed by atoms with Gasteiger partial charge in [-0.25, -0.2) is 0 Å². The molecule has 1 heterocycles. The van der Waals surface area contributed by atoms with Crippen LogP contribution >= 0.6 is 0 Å². The van der Waals surface area contributed by atoms with Crippen molar-refractivity contribution >= 4 is 17.3 Å². The van der Waals surface area contributed by atoms with E-state index in [-0.39, 0.29) is 5.78 Å². The summed E-state index contributed by atoms with van der Waals surface area (Å²) in [7, 11) is 1.59. The van der Waals surface area contributed by atoms with Gasteiger partial charge in [-0.3, -0.25) is 9.59 Å². The lowest BCUT2D eigenvalue weighted by Crippen LogP contribution is -2.56. The van der Waals surface area contributed by atoms with E-state index in [0.29, 0.717) is 11.5 Å². The Balaban J connectivity index is 1.99. The Morgan fingerprint density at radius 2 is 1.78 bits per heavy atom. The number of methoxy groups -OCH3 is 1. The molecule has 4 heteroatoms. The molecule has 0 saturated heterocycles. The molecule has 0 fully saturated rings. The van der Waals surface area contributed by atoms with E-state index in [0.717, 1.165) is 16.7 Å². The highest BCUT2D eigenvalue weighted by Crippen LogP contribution is 2.64. The monoisotopic (exact) mass is 362 g/mol. The van der Waals surface area contributed by atoms with Crippen LogP contribution in [0.4, 0.5) is 0 Å². The molecule has 1 aliphatic carbocycles. The normalized spacial score (nSPS) is 23.3. The Morgan fingerprint density at radius 3 is 2.41 bits per heavy atom. The van der Waals surface area contributed by atoms with Crippen molar-refractivity contribution in [3.05, 3.63) is 65.7 Å². The number of ether oxygens (including phenoxy) is 2. The minimum absolute atomic E-state index is 0.138. The fourth-order valence-corrected chi connectivity index (χ4v) is 4.17. The Kier molecular flexibility index (Phi) is 3.77. The topological polar surface area (TPSA) is 52.6 Å². The molecule has 0 unspecified atom stereocenters. The Labute approximate surface area is 158 Å². The molecule has 2 atom stereocenters. The average molecular weight is 362 g/mol. The smallest absolute Gasteiger partial charge is 0.329 e. The van der Waals surface area contributed by atoms with Crippen LogP contribution in [-0.4, -0.2) is 18.9 Å². The van der Waals surface area contributed by atoms with E-state index in [1.54, 1.807) is 25.3 Å². The largest absolute Gasteiger partial charge is 0.496 e. The summed E-state index contributed by atoms with van der Waals surface area (Å²) in [5.74, 6) is 0.0222. The predicted molar refractivity (Wildman–Crippen MR) is 103 cm³/mol. The third kappa shape index (κ3) is 2.36. The molecule has 1 aliphatic heterocycles. The Bertz CT molecular complexity index is 966. The Morgan fingerprint density at radius 1 is 1.07 bits per heavy atom. The van der Waals surface area contributed by atoms with Crippen LogP contribution in [0, 0.1) is 10.8 Å². The van der Waals surface area contributed by atoms with Gasteiger partial charge in [-0.1, -0.05) is 63.2 Å². The van der Waals surface area contributed by atoms with Crippen molar-refractivity contribution in [2.45, 2.75) is 26.7 Å². The molecule has 0 saturated carbocycles. The van der Waals surface area contributed by atoms with Crippen LogP contribution < -0.4 is 9.47 Å². The summed E-state index contributed by atoms with van der Waals surface area (Å²) in [6.45, 7) is 5.50. The lowest BCUT2D eigenvalue weighted by molar-refractivity contribution is -0.156. The number of carbonyl (C=O) groups is 2. The number of hydrogen-bond donors (Lipinski definition) is 0. The molecule has 27 heavy (non-hydrogen) atoms. The number of esters is 1. The first kappa shape index (κ1) is 17.5. The molecule has 0 bridgehead atoms. The van der Waals surface area contributed by atoms with E-state index >= 15 is 0 Å². The highest BCUT2D eigenvalue weighted by molar-refractivity contribution is 6.17. The number of ketones is 1. The molecule has 0 aromatic heterocycles. The first-order valence-electron chi connectivity index (χ1n) is 9.03. The first-order valence-corrected chi connectivity index (χ1v) is 9.03. The lowest BCUT2D eigenvalue weighted by atomic mass is 9.52. The summed E-state index contributed by atoms with van der Waals surface area (Å²) in [4.78, 5) is 26.5. The number of Topliss-reactive ketones (excluding diaryl/α,β-unsaturated/α-hetero) is 1.